The molecule has 90 valence electrons. The highest BCUT2D eigenvalue weighted by molar-refractivity contribution is 6.16. The van der Waals surface area contributed by atoms with Gasteiger partial charge in [-0.15, -0.1) is 16.7 Å². The second-order valence-electron chi connectivity index (χ2n) is 4.22. The third kappa shape index (κ3) is 2.22. The molecule has 1 aromatic heterocycles. The number of benzene rings is 2. The van der Waals surface area contributed by atoms with E-state index in [0.717, 1.165) is 5.69 Å². The molecule has 18 heavy (non-hydrogen) atoms. The van der Waals surface area contributed by atoms with Gasteiger partial charge in [0.25, 0.3) is 0 Å². The summed E-state index contributed by atoms with van der Waals surface area (Å²) in [5.41, 5.74) is 2.01. The number of hydrogen-bond donors (Lipinski definition) is 0. The van der Waals surface area contributed by atoms with E-state index in [-0.39, 0.29) is 0 Å². The van der Waals surface area contributed by atoms with Gasteiger partial charge in [-0.1, -0.05) is 41.6 Å². The topological polar surface area (TPSA) is 30.7 Å². The second kappa shape index (κ2) is 4.78. The van der Waals surface area contributed by atoms with Crippen LogP contribution in [0, 0.1) is 0 Å². The molecular weight excluding hydrogens is 246 g/mol. The van der Waals surface area contributed by atoms with Gasteiger partial charge in [0.15, 0.2) is 0 Å². The Morgan fingerprint density at radius 1 is 1.06 bits per heavy atom. The first kappa shape index (κ1) is 11.2. The van der Waals surface area contributed by atoms with Gasteiger partial charge in [0, 0.05) is 0 Å². The average molecular weight is 258 g/mol. The average Bonchev–Trinajstić information content (AvgIpc) is 2.86. The summed E-state index contributed by atoms with van der Waals surface area (Å²) < 4.78 is 1.81. The zero-order valence-corrected chi connectivity index (χ0v) is 10.5. The number of fused-ring (bicyclic) bond motifs is 1. The van der Waals surface area contributed by atoms with Crippen LogP contribution in [-0.2, 0) is 12.4 Å². The number of rotatable bonds is 3. The molecule has 0 fully saturated rings. The van der Waals surface area contributed by atoms with Crippen molar-refractivity contribution in [1.29, 1.82) is 0 Å². The van der Waals surface area contributed by atoms with E-state index in [1.165, 1.54) is 16.3 Å². The Kier molecular flexibility index (Phi) is 2.99. The molecule has 0 aliphatic carbocycles. The quantitative estimate of drug-likeness (QED) is 0.675. The fourth-order valence-electron chi connectivity index (χ4n) is 2.00. The molecule has 3 aromatic rings. The van der Waals surface area contributed by atoms with Crippen molar-refractivity contribution in [2.24, 2.45) is 0 Å². The van der Waals surface area contributed by atoms with Crippen LogP contribution >= 0.6 is 11.6 Å². The standard InChI is InChI=1S/C14H12ClN3/c15-8-14-10-18(17-16-14)9-11-5-6-12-3-1-2-4-13(12)7-11/h1-7,10H,8-9H2. The molecule has 0 N–H and O–H groups in total. The summed E-state index contributed by atoms with van der Waals surface area (Å²) in [7, 11) is 0. The molecule has 0 saturated heterocycles. The minimum absolute atomic E-state index is 0.401. The van der Waals surface area contributed by atoms with Crippen LogP contribution in [0.1, 0.15) is 11.3 Å². The van der Waals surface area contributed by atoms with Crippen LogP contribution in [-0.4, -0.2) is 15.0 Å². The van der Waals surface area contributed by atoms with E-state index in [1.807, 2.05) is 23.0 Å². The summed E-state index contributed by atoms with van der Waals surface area (Å²) in [5, 5.41) is 10.5. The maximum Gasteiger partial charge on any atom is 0.0974 e. The molecule has 3 rings (SSSR count). The Morgan fingerprint density at radius 2 is 1.89 bits per heavy atom. The molecule has 2 aromatic carbocycles. The van der Waals surface area contributed by atoms with Crippen molar-refractivity contribution in [3.8, 4) is 0 Å². The lowest BCUT2D eigenvalue weighted by Crippen LogP contribution is -2.00. The van der Waals surface area contributed by atoms with E-state index in [4.69, 9.17) is 11.6 Å². The van der Waals surface area contributed by atoms with Gasteiger partial charge < -0.3 is 0 Å². The molecular formula is C14H12ClN3. The Morgan fingerprint density at radius 3 is 2.67 bits per heavy atom. The lowest BCUT2D eigenvalue weighted by Gasteiger charge is -2.03. The van der Waals surface area contributed by atoms with Gasteiger partial charge in [-0.25, -0.2) is 4.68 Å². The smallest absolute Gasteiger partial charge is 0.0974 e. The molecule has 4 heteroatoms. The number of hydrogen-bond acceptors (Lipinski definition) is 2. The molecule has 0 bridgehead atoms. The van der Waals surface area contributed by atoms with Gasteiger partial charge in [0.05, 0.1) is 24.3 Å². The van der Waals surface area contributed by atoms with Crippen molar-refractivity contribution in [1.82, 2.24) is 15.0 Å². The minimum Gasteiger partial charge on any atom is -0.248 e. The summed E-state index contributed by atoms with van der Waals surface area (Å²) in [6.07, 6.45) is 1.88. The normalized spacial score (nSPS) is 10.9. The summed E-state index contributed by atoms with van der Waals surface area (Å²) in [4.78, 5) is 0. The van der Waals surface area contributed by atoms with Gasteiger partial charge in [-0.3, -0.25) is 0 Å². The summed E-state index contributed by atoms with van der Waals surface area (Å²) in [6, 6.07) is 14.7. The first-order valence-corrected chi connectivity index (χ1v) is 6.31. The van der Waals surface area contributed by atoms with Gasteiger partial charge in [-0.2, -0.15) is 0 Å². The highest BCUT2D eigenvalue weighted by Gasteiger charge is 2.01. The Hall–Kier alpha value is -1.87. The van der Waals surface area contributed by atoms with Gasteiger partial charge in [0.2, 0.25) is 0 Å². The lowest BCUT2D eigenvalue weighted by atomic mass is 10.1. The van der Waals surface area contributed by atoms with Crippen LogP contribution in [0.25, 0.3) is 10.8 Å². The fraction of sp³-hybridized carbons (Fsp3) is 0.143. The minimum atomic E-state index is 0.401. The Labute approximate surface area is 110 Å². The SMILES string of the molecule is ClCc1cn(Cc2ccc3ccccc3c2)nn1. The van der Waals surface area contributed by atoms with Crippen LogP contribution in [0.5, 0.6) is 0 Å². The molecule has 1 heterocycles. The van der Waals surface area contributed by atoms with E-state index < -0.39 is 0 Å². The molecule has 0 aliphatic rings. The van der Waals surface area contributed by atoms with E-state index >= 15 is 0 Å². The van der Waals surface area contributed by atoms with E-state index in [1.54, 1.807) is 0 Å². The number of alkyl halides is 1. The van der Waals surface area contributed by atoms with Gasteiger partial charge in [-0.05, 0) is 22.4 Å². The van der Waals surface area contributed by atoms with Crippen molar-refractivity contribution in [3.63, 3.8) is 0 Å². The van der Waals surface area contributed by atoms with Crippen molar-refractivity contribution >= 4 is 22.4 Å². The number of aromatic nitrogens is 3. The maximum absolute atomic E-state index is 5.71. The molecule has 3 nitrogen and oxygen atoms in total. The summed E-state index contributed by atoms with van der Waals surface area (Å²) in [5.74, 6) is 0.401. The predicted octanol–water partition coefficient (Wildman–Crippen LogP) is 3.22. The van der Waals surface area contributed by atoms with Crippen LogP contribution in [0.4, 0.5) is 0 Å². The van der Waals surface area contributed by atoms with Crippen LogP contribution in [0.2, 0.25) is 0 Å². The highest BCUT2D eigenvalue weighted by Crippen LogP contribution is 2.16. The summed E-state index contributed by atoms with van der Waals surface area (Å²) >= 11 is 5.71. The van der Waals surface area contributed by atoms with Crippen molar-refractivity contribution < 1.29 is 0 Å². The van der Waals surface area contributed by atoms with Crippen molar-refractivity contribution in [2.45, 2.75) is 12.4 Å². The third-order valence-corrected chi connectivity index (χ3v) is 3.16. The molecule has 0 atom stereocenters. The molecule has 0 radical (unpaired) electrons. The molecule has 0 spiro atoms. The zero-order chi connectivity index (χ0) is 12.4. The summed E-state index contributed by atoms with van der Waals surface area (Å²) in [6.45, 7) is 0.717. The molecule has 0 saturated carbocycles. The monoisotopic (exact) mass is 257 g/mol. The Bertz CT molecular complexity index is 675. The molecule has 0 unspecified atom stereocenters. The second-order valence-corrected chi connectivity index (χ2v) is 4.49. The van der Waals surface area contributed by atoms with Gasteiger partial charge in [0.1, 0.15) is 0 Å². The maximum atomic E-state index is 5.71. The van der Waals surface area contributed by atoms with Gasteiger partial charge >= 0.3 is 0 Å². The first-order valence-electron chi connectivity index (χ1n) is 5.78. The van der Waals surface area contributed by atoms with Crippen LogP contribution in [0.3, 0.4) is 0 Å². The van der Waals surface area contributed by atoms with E-state index in [0.29, 0.717) is 12.4 Å². The van der Waals surface area contributed by atoms with Crippen LogP contribution in [0.15, 0.2) is 48.7 Å². The first-order chi connectivity index (χ1) is 8.85. The predicted molar refractivity (Wildman–Crippen MR) is 72.6 cm³/mol. The molecule has 0 aliphatic heterocycles. The number of halogens is 1. The highest BCUT2D eigenvalue weighted by atomic mass is 35.5. The van der Waals surface area contributed by atoms with E-state index in [9.17, 15) is 0 Å². The lowest BCUT2D eigenvalue weighted by molar-refractivity contribution is 0.650. The number of nitrogens with zero attached hydrogens (tertiary/aromatic N) is 3. The van der Waals surface area contributed by atoms with E-state index in [2.05, 4.69) is 40.6 Å². The molecule has 0 amide bonds. The Balaban J connectivity index is 1.90. The van der Waals surface area contributed by atoms with Crippen LogP contribution < -0.4 is 0 Å². The third-order valence-electron chi connectivity index (χ3n) is 2.88. The van der Waals surface area contributed by atoms with Crippen molar-refractivity contribution in [2.75, 3.05) is 0 Å². The van der Waals surface area contributed by atoms with Crippen molar-refractivity contribution in [3.05, 3.63) is 59.9 Å². The fourth-order valence-corrected chi connectivity index (χ4v) is 2.12. The zero-order valence-electron chi connectivity index (χ0n) is 9.75. The largest absolute Gasteiger partial charge is 0.248 e.